The van der Waals surface area contributed by atoms with Crippen LogP contribution in [-0.2, 0) is 37.1 Å². The third kappa shape index (κ3) is 9.79. The summed E-state index contributed by atoms with van der Waals surface area (Å²) in [5, 5.41) is 5.22. The van der Waals surface area contributed by atoms with Crippen molar-refractivity contribution >= 4 is 56.7 Å². The number of benzene rings is 3. The maximum Gasteiger partial charge on any atom is 0.264 e. The van der Waals surface area contributed by atoms with Gasteiger partial charge in [0.05, 0.1) is 38.1 Å². The molecule has 0 bridgehead atoms. The van der Waals surface area contributed by atoms with Crippen molar-refractivity contribution in [3.63, 3.8) is 0 Å². The third-order valence-electron chi connectivity index (χ3n) is 11.9. The summed E-state index contributed by atoms with van der Waals surface area (Å²) in [4.78, 5) is 76.6. The number of ether oxygens (including phenoxy) is 1. The van der Waals surface area contributed by atoms with Crippen LogP contribution in [0.2, 0.25) is 5.02 Å². The van der Waals surface area contributed by atoms with Crippen LogP contribution >= 0.6 is 11.6 Å². The summed E-state index contributed by atoms with van der Waals surface area (Å²) in [6.45, 7) is 11.0. The molecule has 0 spiro atoms. The quantitative estimate of drug-likeness (QED) is 0.0970. The molecule has 5 amide bonds. The van der Waals surface area contributed by atoms with Gasteiger partial charge >= 0.3 is 0 Å². The average molecular weight is 897 g/mol. The Morgan fingerprint density at radius 2 is 1.70 bits per heavy atom. The van der Waals surface area contributed by atoms with Crippen molar-refractivity contribution in [3.8, 4) is 5.75 Å². The van der Waals surface area contributed by atoms with Gasteiger partial charge in [0.25, 0.3) is 11.8 Å². The molecule has 16 heteroatoms. The van der Waals surface area contributed by atoms with Gasteiger partial charge in [-0.15, -0.1) is 0 Å². The second kappa shape index (κ2) is 19.0. The van der Waals surface area contributed by atoms with E-state index in [1.807, 2.05) is 24.8 Å². The zero-order chi connectivity index (χ0) is 45.2. The minimum Gasteiger partial charge on any atom is -0.491 e. The Labute approximate surface area is 373 Å². The van der Waals surface area contributed by atoms with Crippen LogP contribution in [0.5, 0.6) is 5.75 Å². The van der Waals surface area contributed by atoms with Gasteiger partial charge in [-0.25, -0.2) is 18.4 Å². The number of carbonyl (C=O) groups excluding carboxylic acids is 5. The summed E-state index contributed by atoms with van der Waals surface area (Å²) in [5.41, 5.74) is 5.21. The molecule has 2 fully saturated rings. The van der Waals surface area contributed by atoms with Crippen LogP contribution in [-0.4, -0.2) is 94.8 Å². The third-order valence-corrected chi connectivity index (χ3v) is 14.5. The molecule has 63 heavy (non-hydrogen) atoms. The van der Waals surface area contributed by atoms with Crippen LogP contribution < -0.4 is 15.4 Å². The van der Waals surface area contributed by atoms with Crippen molar-refractivity contribution in [2.45, 2.75) is 114 Å². The van der Waals surface area contributed by atoms with Crippen LogP contribution in [0.15, 0.2) is 65.7 Å². The van der Waals surface area contributed by atoms with Gasteiger partial charge in [0.1, 0.15) is 17.6 Å². The molecule has 0 radical (unpaired) electrons. The fourth-order valence-electron chi connectivity index (χ4n) is 8.61. The van der Waals surface area contributed by atoms with Crippen molar-refractivity contribution < 1.29 is 37.1 Å². The summed E-state index contributed by atoms with van der Waals surface area (Å²) >= 11 is 6.59. The first-order valence-electron chi connectivity index (χ1n) is 21.5. The number of halogens is 1. The Hall–Kier alpha value is -5.67. The number of aromatic nitrogens is 2. The van der Waals surface area contributed by atoms with Crippen molar-refractivity contribution in [1.82, 2.24) is 25.1 Å². The van der Waals surface area contributed by atoms with E-state index in [1.165, 1.54) is 5.56 Å². The Kier molecular flexibility index (Phi) is 13.7. The van der Waals surface area contributed by atoms with Crippen LogP contribution in [0, 0.1) is 6.92 Å². The van der Waals surface area contributed by atoms with Crippen molar-refractivity contribution in [2.24, 2.45) is 0 Å². The SMILES string of the molecule is Cc1cc(Cc2ncc(Cl)c(Cc3ccccc3S(=O)(=O)C(C)C)n2)c(OC(C)C)cc1C1CCN(C(=O)CCCNc2cccc3c2C(=O)N(C2CCC(=O)NC2=O)C3=O)CC1. The molecule has 1 unspecified atom stereocenters. The van der Waals surface area contributed by atoms with E-state index < -0.39 is 44.8 Å². The van der Waals surface area contributed by atoms with Crippen molar-refractivity contribution in [2.75, 3.05) is 25.0 Å². The number of piperidine rings is 2. The number of hydrogen-bond acceptors (Lipinski definition) is 11. The number of imide groups is 2. The average Bonchev–Trinajstić information content (AvgIpc) is 3.50. The zero-order valence-corrected chi connectivity index (χ0v) is 37.8. The first-order valence-corrected chi connectivity index (χ1v) is 23.4. The topological polar surface area (TPSA) is 185 Å². The van der Waals surface area contributed by atoms with E-state index in [9.17, 15) is 32.4 Å². The van der Waals surface area contributed by atoms with Gasteiger partial charge < -0.3 is 15.0 Å². The summed E-state index contributed by atoms with van der Waals surface area (Å²) in [6.07, 6.45) is 4.60. The molecule has 4 heterocycles. The van der Waals surface area contributed by atoms with E-state index in [4.69, 9.17) is 21.3 Å². The summed E-state index contributed by atoms with van der Waals surface area (Å²) in [7, 11) is -3.52. The molecular formula is C47H53ClN6O8S. The second-order valence-electron chi connectivity index (χ2n) is 17.0. The Morgan fingerprint density at radius 3 is 2.41 bits per heavy atom. The van der Waals surface area contributed by atoms with Crippen LogP contribution in [0.25, 0.3) is 0 Å². The molecule has 0 saturated carbocycles. The Balaban J connectivity index is 0.956. The van der Waals surface area contributed by atoms with E-state index >= 15 is 0 Å². The fraction of sp³-hybridized carbons (Fsp3) is 0.426. The lowest BCUT2D eigenvalue weighted by Crippen LogP contribution is -2.54. The number of anilines is 1. The normalized spacial score (nSPS) is 17.1. The zero-order valence-electron chi connectivity index (χ0n) is 36.2. The first kappa shape index (κ1) is 45.4. The largest absolute Gasteiger partial charge is 0.491 e. The monoisotopic (exact) mass is 896 g/mol. The summed E-state index contributed by atoms with van der Waals surface area (Å²) in [6, 6.07) is 15.1. The van der Waals surface area contributed by atoms with E-state index in [0.717, 1.165) is 34.6 Å². The highest BCUT2D eigenvalue weighted by atomic mass is 35.5. The van der Waals surface area contributed by atoms with Crippen LogP contribution in [0.1, 0.15) is 127 Å². The number of nitrogens with zero attached hydrogens (tertiary/aromatic N) is 4. The minimum absolute atomic E-state index is 0.0434. The fourth-order valence-corrected chi connectivity index (χ4v) is 10.1. The molecule has 1 aromatic heterocycles. The van der Waals surface area contributed by atoms with Gasteiger partial charge in [-0.3, -0.25) is 34.2 Å². The maximum atomic E-state index is 13.4. The lowest BCUT2D eigenvalue weighted by Gasteiger charge is -2.33. The van der Waals surface area contributed by atoms with Crippen molar-refractivity contribution in [1.29, 1.82) is 0 Å². The molecule has 2 saturated heterocycles. The van der Waals surface area contributed by atoms with Gasteiger partial charge in [-0.1, -0.05) is 41.9 Å². The molecule has 332 valence electrons. The number of rotatable bonds is 15. The lowest BCUT2D eigenvalue weighted by molar-refractivity contribution is -0.136. The van der Waals surface area contributed by atoms with E-state index in [2.05, 4.69) is 34.7 Å². The summed E-state index contributed by atoms with van der Waals surface area (Å²) in [5.74, 6) is -0.695. The molecule has 0 aliphatic carbocycles. The smallest absolute Gasteiger partial charge is 0.264 e. The molecule has 4 aromatic rings. The predicted octanol–water partition coefficient (Wildman–Crippen LogP) is 6.59. The van der Waals surface area contributed by atoms with Gasteiger partial charge in [0.15, 0.2) is 9.84 Å². The molecule has 3 aliphatic heterocycles. The number of carbonyl (C=O) groups is 5. The summed E-state index contributed by atoms with van der Waals surface area (Å²) < 4.78 is 32.6. The van der Waals surface area contributed by atoms with Crippen LogP contribution in [0.4, 0.5) is 5.69 Å². The highest BCUT2D eigenvalue weighted by molar-refractivity contribution is 7.92. The molecule has 14 nitrogen and oxygen atoms in total. The highest BCUT2D eigenvalue weighted by Gasteiger charge is 2.45. The van der Waals surface area contributed by atoms with Crippen molar-refractivity contribution in [3.05, 3.63) is 111 Å². The second-order valence-corrected chi connectivity index (χ2v) is 19.9. The minimum atomic E-state index is -3.52. The maximum absolute atomic E-state index is 13.4. The molecule has 3 aromatic carbocycles. The standard InChI is InChI=1S/C47H53ClN6O8S/c1-27(2)62-39-25-34(29(5)22-32(39)24-41-50-26-35(48)37(51-41)23-31-10-6-7-13-40(31)63(60,61)28(3)4)30-17-20-53(21-18-30)43(56)14-9-19-49-36-12-8-11-33-44(36)47(59)54(46(33)58)38-15-16-42(55)52-45(38)57/h6-8,10-13,22,25-28,30,38,49H,9,14-21,23-24H2,1-5H3,(H,52,55,57). The molecule has 7 rings (SSSR count). The Morgan fingerprint density at radius 1 is 0.952 bits per heavy atom. The lowest BCUT2D eigenvalue weighted by atomic mass is 9.85. The van der Waals surface area contributed by atoms with E-state index in [0.29, 0.717) is 66.7 Å². The molecular weight excluding hydrogens is 844 g/mol. The molecule has 2 N–H and O–H groups in total. The van der Waals surface area contributed by atoms with Gasteiger partial charge in [-0.05, 0) is 107 Å². The molecule has 3 aliphatic rings. The van der Waals surface area contributed by atoms with Gasteiger partial charge in [-0.2, -0.15) is 0 Å². The van der Waals surface area contributed by atoms with Gasteiger partial charge in [0.2, 0.25) is 17.7 Å². The van der Waals surface area contributed by atoms with Crippen LogP contribution in [0.3, 0.4) is 0 Å². The number of fused-ring (bicyclic) bond motifs is 1. The molecule has 1 atom stereocenters. The van der Waals surface area contributed by atoms with E-state index in [-0.39, 0.29) is 53.2 Å². The Bertz CT molecular complexity index is 2570. The number of sulfone groups is 1. The number of aryl methyl sites for hydroxylation is 1. The van der Waals surface area contributed by atoms with Gasteiger partial charge in [0, 0.05) is 62.8 Å². The first-order chi connectivity index (χ1) is 30.0. The number of likely N-dealkylation sites (tertiary alicyclic amines) is 1. The van der Waals surface area contributed by atoms with E-state index in [1.54, 1.807) is 56.4 Å². The predicted molar refractivity (Wildman–Crippen MR) is 238 cm³/mol. The number of nitrogens with one attached hydrogen (secondary N) is 2. The number of hydrogen-bond donors (Lipinski definition) is 2. The number of amides is 5. The highest BCUT2D eigenvalue weighted by Crippen LogP contribution is 2.37.